The van der Waals surface area contributed by atoms with Crippen LogP contribution >= 0.6 is 0 Å². The number of aliphatic carboxylic acids is 1. The van der Waals surface area contributed by atoms with Gasteiger partial charge in [0.15, 0.2) is 0 Å². The Morgan fingerprint density at radius 3 is 2.74 bits per heavy atom. The third kappa shape index (κ3) is 3.60. The molecule has 2 heterocycles. The summed E-state index contributed by atoms with van der Waals surface area (Å²) in [7, 11) is 1.62. The van der Waals surface area contributed by atoms with E-state index in [2.05, 4.69) is 9.97 Å². The second kappa shape index (κ2) is 6.94. The zero-order valence-corrected chi connectivity index (χ0v) is 13.4. The molecule has 0 amide bonds. The number of rotatable bonds is 5. The molecular weight excluding hydrogens is 292 g/mol. The van der Waals surface area contributed by atoms with Gasteiger partial charge in [0.25, 0.3) is 0 Å². The van der Waals surface area contributed by atoms with Crippen LogP contribution in [0.4, 0.5) is 0 Å². The lowest BCUT2D eigenvalue weighted by Crippen LogP contribution is -2.21. The monoisotopic (exact) mass is 314 g/mol. The first-order chi connectivity index (χ1) is 11.2. The molecule has 2 aromatic rings. The van der Waals surface area contributed by atoms with Crippen molar-refractivity contribution in [3.63, 3.8) is 0 Å². The summed E-state index contributed by atoms with van der Waals surface area (Å²) in [5.74, 6) is 0.437. The lowest BCUT2D eigenvalue weighted by molar-refractivity contribution is -0.143. The average molecular weight is 314 g/mol. The van der Waals surface area contributed by atoms with E-state index >= 15 is 0 Å². The number of aryl methyl sites for hydroxylation is 1. The maximum absolute atomic E-state index is 11.0. The summed E-state index contributed by atoms with van der Waals surface area (Å²) in [5.41, 5.74) is 2.98. The Balaban J connectivity index is 1.67. The van der Waals surface area contributed by atoms with E-state index in [1.807, 2.05) is 24.4 Å². The molecule has 5 heteroatoms. The van der Waals surface area contributed by atoms with Gasteiger partial charge in [0, 0.05) is 12.3 Å². The highest BCUT2D eigenvalue weighted by atomic mass is 16.5. The number of fused-ring (bicyclic) bond motifs is 1. The Hall–Kier alpha value is -2.17. The highest BCUT2D eigenvalue weighted by molar-refractivity contribution is 5.78. The molecule has 0 unspecified atom stereocenters. The SMILES string of the molecule is COc1ccc2nccc(CCC3CCC(C(=O)O)CC3)c2n1. The average Bonchev–Trinajstić information content (AvgIpc) is 2.59. The van der Waals surface area contributed by atoms with Crippen LogP contribution in [0.3, 0.4) is 0 Å². The van der Waals surface area contributed by atoms with E-state index in [4.69, 9.17) is 9.84 Å². The normalized spacial score (nSPS) is 21.3. The highest BCUT2D eigenvalue weighted by Gasteiger charge is 2.25. The number of ether oxygens (including phenoxy) is 1. The van der Waals surface area contributed by atoms with Crippen molar-refractivity contribution in [3.05, 3.63) is 30.0 Å². The van der Waals surface area contributed by atoms with Crippen LogP contribution in [0.25, 0.3) is 11.0 Å². The van der Waals surface area contributed by atoms with Crippen molar-refractivity contribution in [1.29, 1.82) is 0 Å². The molecule has 0 atom stereocenters. The van der Waals surface area contributed by atoms with E-state index in [0.29, 0.717) is 11.8 Å². The molecule has 122 valence electrons. The van der Waals surface area contributed by atoms with Gasteiger partial charge in [-0.2, -0.15) is 0 Å². The molecule has 1 fully saturated rings. The number of carbonyl (C=O) groups is 1. The molecule has 1 aliphatic rings. The van der Waals surface area contributed by atoms with Gasteiger partial charge in [0.05, 0.1) is 24.1 Å². The van der Waals surface area contributed by atoms with Gasteiger partial charge in [-0.3, -0.25) is 9.78 Å². The minimum absolute atomic E-state index is 0.140. The second-order valence-electron chi connectivity index (χ2n) is 6.29. The quantitative estimate of drug-likeness (QED) is 0.915. The van der Waals surface area contributed by atoms with Crippen molar-refractivity contribution in [2.45, 2.75) is 38.5 Å². The molecule has 0 saturated heterocycles. The maximum Gasteiger partial charge on any atom is 0.306 e. The fraction of sp³-hybridized carbons (Fsp3) is 0.500. The number of carboxylic acids is 1. The molecule has 1 saturated carbocycles. The molecule has 1 aliphatic carbocycles. The topological polar surface area (TPSA) is 72.3 Å². The number of pyridine rings is 2. The van der Waals surface area contributed by atoms with Crippen LogP contribution in [-0.2, 0) is 11.2 Å². The van der Waals surface area contributed by atoms with Gasteiger partial charge < -0.3 is 9.84 Å². The van der Waals surface area contributed by atoms with Crippen LogP contribution in [0.15, 0.2) is 24.4 Å². The molecular formula is C18H22N2O3. The number of hydrogen-bond acceptors (Lipinski definition) is 4. The van der Waals surface area contributed by atoms with E-state index in [-0.39, 0.29) is 5.92 Å². The van der Waals surface area contributed by atoms with Gasteiger partial charge in [-0.05, 0) is 62.1 Å². The Labute approximate surface area is 135 Å². The molecule has 23 heavy (non-hydrogen) atoms. The number of aromatic nitrogens is 2. The predicted molar refractivity (Wildman–Crippen MR) is 87.5 cm³/mol. The maximum atomic E-state index is 11.0. The third-order valence-electron chi connectivity index (χ3n) is 4.87. The van der Waals surface area contributed by atoms with Gasteiger partial charge in [-0.25, -0.2) is 4.98 Å². The molecule has 5 nitrogen and oxygen atoms in total. The number of carboxylic acid groups (broad SMARTS) is 1. The van der Waals surface area contributed by atoms with Gasteiger partial charge in [0.2, 0.25) is 5.88 Å². The van der Waals surface area contributed by atoms with Crippen LogP contribution in [0.1, 0.15) is 37.7 Å². The van der Waals surface area contributed by atoms with Gasteiger partial charge in [-0.15, -0.1) is 0 Å². The smallest absolute Gasteiger partial charge is 0.306 e. The molecule has 0 radical (unpaired) electrons. The minimum Gasteiger partial charge on any atom is -0.481 e. The van der Waals surface area contributed by atoms with E-state index in [9.17, 15) is 4.79 Å². The van der Waals surface area contributed by atoms with Crippen molar-refractivity contribution in [2.75, 3.05) is 7.11 Å². The van der Waals surface area contributed by atoms with Crippen LogP contribution in [-0.4, -0.2) is 28.2 Å². The van der Waals surface area contributed by atoms with Crippen molar-refractivity contribution in [3.8, 4) is 5.88 Å². The van der Waals surface area contributed by atoms with Crippen LogP contribution < -0.4 is 4.74 Å². The van der Waals surface area contributed by atoms with Gasteiger partial charge >= 0.3 is 5.97 Å². The summed E-state index contributed by atoms with van der Waals surface area (Å²) in [5, 5.41) is 9.07. The van der Waals surface area contributed by atoms with Crippen molar-refractivity contribution in [1.82, 2.24) is 9.97 Å². The molecule has 0 spiro atoms. The van der Waals surface area contributed by atoms with Gasteiger partial charge in [-0.1, -0.05) is 0 Å². The molecule has 3 rings (SSSR count). The first-order valence-electron chi connectivity index (χ1n) is 8.19. The number of hydrogen-bond donors (Lipinski definition) is 1. The summed E-state index contributed by atoms with van der Waals surface area (Å²) in [4.78, 5) is 19.9. The van der Waals surface area contributed by atoms with E-state index < -0.39 is 5.97 Å². The molecule has 0 aliphatic heterocycles. The van der Waals surface area contributed by atoms with Crippen LogP contribution in [0, 0.1) is 11.8 Å². The second-order valence-corrected chi connectivity index (χ2v) is 6.29. The summed E-state index contributed by atoms with van der Waals surface area (Å²) < 4.78 is 5.21. The number of methoxy groups -OCH3 is 1. The lowest BCUT2D eigenvalue weighted by atomic mass is 9.79. The Kier molecular flexibility index (Phi) is 4.74. The molecule has 0 aromatic carbocycles. The number of nitrogens with zero attached hydrogens (tertiary/aromatic N) is 2. The standard InChI is InChI=1S/C18H22N2O3/c1-23-16-9-8-15-17(20-16)13(10-11-19-15)5-2-12-3-6-14(7-4-12)18(21)22/h8-12,14H,2-7H2,1H3,(H,21,22). The van der Waals surface area contributed by atoms with Crippen molar-refractivity contribution >= 4 is 17.0 Å². The summed E-state index contributed by atoms with van der Waals surface area (Å²) in [6.07, 6.45) is 7.49. The predicted octanol–water partition coefficient (Wildman–Crippen LogP) is 3.46. The first kappa shape index (κ1) is 15.7. The lowest BCUT2D eigenvalue weighted by Gasteiger charge is -2.26. The van der Waals surface area contributed by atoms with Crippen LogP contribution in [0.5, 0.6) is 5.88 Å². The molecule has 0 bridgehead atoms. The van der Waals surface area contributed by atoms with E-state index in [0.717, 1.165) is 49.6 Å². The fourth-order valence-corrected chi connectivity index (χ4v) is 3.43. The Morgan fingerprint density at radius 2 is 2.04 bits per heavy atom. The Morgan fingerprint density at radius 1 is 1.26 bits per heavy atom. The third-order valence-corrected chi connectivity index (χ3v) is 4.87. The van der Waals surface area contributed by atoms with Gasteiger partial charge in [0.1, 0.15) is 0 Å². The zero-order valence-electron chi connectivity index (χ0n) is 13.4. The molecule has 1 N–H and O–H groups in total. The largest absolute Gasteiger partial charge is 0.481 e. The molecule has 2 aromatic heterocycles. The van der Waals surface area contributed by atoms with E-state index in [1.54, 1.807) is 7.11 Å². The van der Waals surface area contributed by atoms with Crippen LogP contribution in [0.2, 0.25) is 0 Å². The Bertz CT molecular complexity index is 694. The zero-order chi connectivity index (χ0) is 16.2. The van der Waals surface area contributed by atoms with Crippen molar-refractivity contribution in [2.24, 2.45) is 11.8 Å². The fourth-order valence-electron chi connectivity index (χ4n) is 3.43. The summed E-state index contributed by atoms with van der Waals surface area (Å²) >= 11 is 0. The first-order valence-corrected chi connectivity index (χ1v) is 8.19. The summed E-state index contributed by atoms with van der Waals surface area (Å²) in [6, 6.07) is 5.78. The minimum atomic E-state index is -0.639. The van der Waals surface area contributed by atoms with E-state index in [1.165, 1.54) is 5.56 Å². The van der Waals surface area contributed by atoms with Crippen molar-refractivity contribution < 1.29 is 14.6 Å². The summed E-state index contributed by atoms with van der Waals surface area (Å²) in [6.45, 7) is 0. The highest BCUT2D eigenvalue weighted by Crippen LogP contribution is 2.32.